The predicted molar refractivity (Wildman–Crippen MR) is 60.8 cm³/mol. The average molecular weight is 214 g/mol. The largest absolute Gasteiger partial charge is 0.390 e. The lowest BCUT2D eigenvalue weighted by Crippen LogP contribution is -2.28. The molecule has 0 aliphatic carbocycles. The summed E-state index contributed by atoms with van der Waals surface area (Å²) >= 11 is 0. The number of Topliss-reactive ketones (excluding diaryl/α,β-unsaturated/α-hetero) is 1. The zero-order valence-corrected chi connectivity index (χ0v) is 10.2. The van der Waals surface area contributed by atoms with Crippen LogP contribution in [0, 0.1) is 0 Å². The van der Waals surface area contributed by atoms with Crippen LogP contribution in [0.3, 0.4) is 0 Å². The third kappa shape index (κ3) is 5.70. The Hall–Kier alpha value is -0.670. The molecule has 0 aliphatic heterocycles. The highest BCUT2D eigenvalue weighted by Crippen LogP contribution is 2.14. The minimum Gasteiger partial charge on any atom is -0.390 e. The molecule has 0 fully saturated rings. The second kappa shape index (κ2) is 6.03. The van der Waals surface area contributed by atoms with Crippen LogP contribution >= 0.6 is 0 Å². The molecule has 0 aromatic heterocycles. The third-order valence-corrected chi connectivity index (χ3v) is 2.56. The summed E-state index contributed by atoms with van der Waals surface area (Å²) in [5.41, 5.74) is -0.198. The van der Waals surface area contributed by atoms with Gasteiger partial charge in [-0.2, -0.15) is 0 Å². The lowest BCUT2D eigenvalue weighted by Gasteiger charge is -2.22. The Kier molecular flexibility index (Phi) is 5.76. The van der Waals surface area contributed by atoms with Gasteiger partial charge < -0.3 is 9.84 Å². The van der Waals surface area contributed by atoms with Crippen molar-refractivity contribution in [3.63, 3.8) is 0 Å². The first-order chi connectivity index (χ1) is 6.80. The van der Waals surface area contributed by atoms with E-state index in [1.807, 2.05) is 6.92 Å². The molecular weight excluding hydrogens is 192 g/mol. The molecule has 1 N–H and O–H groups in total. The van der Waals surface area contributed by atoms with E-state index in [9.17, 15) is 9.90 Å². The van der Waals surface area contributed by atoms with E-state index < -0.39 is 11.7 Å². The van der Waals surface area contributed by atoms with Crippen LogP contribution in [0.4, 0.5) is 0 Å². The van der Waals surface area contributed by atoms with Crippen molar-refractivity contribution in [3.05, 3.63) is 12.2 Å². The van der Waals surface area contributed by atoms with E-state index in [2.05, 4.69) is 6.58 Å². The van der Waals surface area contributed by atoms with Crippen molar-refractivity contribution in [1.29, 1.82) is 0 Å². The second-order valence-electron chi connectivity index (χ2n) is 4.26. The molecule has 0 aromatic carbocycles. The Bertz CT molecular complexity index is 231. The van der Waals surface area contributed by atoms with Crippen LogP contribution in [0.15, 0.2) is 12.2 Å². The maximum Gasteiger partial charge on any atom is 0.186 e. The minimum absolute atomic E-state index is 0.0776. The summed E-state index contributed by atoms with van der Waals surface area (Å²) in [5, 5.41) is 9.70. The van der Waals surface area contributed by atoms with Gasteiger partial charge in [0.05, 0.1) is 12.2 Å². The van der Waals surface area contributed by atoms with Crippen LogP contribution < -0.4 is 0 Å². The van der Waals surface area contributed by atoms with Gasteiger partial charge in [0.2, 0.25) is 0 Å². The van der Waals surface area contributed by atoms with Gasteiger partial charge in [-0.1, -0.05) is 13.5 Å². The van der Waals surface area contributed by atoms with Crippen molar-refractivity contribution in [1.82, 2.24) is 0 Å². The number of hydrogen-bond acceptors (Lipinski definition) is 3. The number of ketones is 1. The van der Waals surface area contributed by atoms with Gasteiger partial charge in [-0.25, -0.2) is 0 Å². The number of rotatable bonds is 7. The molecule has 0 spiro atoms. The van der Waals surface area contributed by atoms with Crippen molar-refractivity contribution < 1.29 is 14.6 Å². The van der Waals surface area contributed by atoms with Crippen LogP contribution in [0.25, 0.3) is 0 Å². The Labute approximate surface area is 92.1 Å². The molecule has 0 amide bonds. The summed E-state index contributed by atoms with van der Waals surface area (Å²) in [6, 6.07) is 0. The summed E-state index contributed by atoms with van der Waals surface area (Å²) in [5.74, 6) is -0.0776. The molecule has 0 aromatic rings. The van der Waals surface area contributed by atoms with E-state index in [0.717, 1.165) is 0 Å². The molecule has 88 valence electrons. The fourth-order valence-electron chi connectivity index (χ4n) is 1.06. The van der Waals surface area contributed by atoms with Gasteiger partial charge in [-0.15, -0.1) is 0 Å². The molecule has 0 heterocycles. The Morgan fingerprint density at radius 1 is 1.60 bits per heavy atom. The highest BCUT2D eigenvalue weighted by Gasteiger charge is 2.19. The number of hydrogen-bond donors (Lipinski definition) is 1. The van der Waals surface area contributed by atoms with E-state index in [4.69, 9.17) is 4.74 Å². The maximum absolute atomic E-state index is 11.4. The topological polar surface area (TPSA) is 46.5 Å². The number of carbonyl (C=O) groups is 1. The van der Waals surface area contributed by atoms with E-state index in [1.165, 1.54) is 0 Å². The van der Waals surface area contributed by atoms with Crippen LogP contribution in [-0.4, -0.2) is 29.2 Å². The Balaban J connectivity index is 3.87. The molecule has 2 unspecified atom stereocenters. The summed E-state index contributed by atoms with van der Waals surface area (Å²) in [6.07, 6.45) is 0.756. The number of aliphatic hydroxyl groups is 1. The molecule has 0 saturated carbocycles. The average Bonchev–Trinajstić information content (AvgIpc) is 2.16. The maximum atomic E-state index is 11.4. The molecule has 0 rings (SSSR count). The third-order valence-electron chi connectivity index (χ3n) is 2.56. The monoisotopic (exact) mass is 214 g/mol. The molecule has 0 aliphatic rings. The van der Waals surface area contributed by atoms with Gasteiger partial charge in [0.15, 0.2) is 5.78 Å². The molecule has 0 saturated heterocycles. The first-order valence-electron chi connectivity index (χ1n) is 5.34. The lowest BCUT2D eigenvalue weighted by molar-refractivity contribution is -0.126. The summed E-state index contributed by atoms with van der Waals surface area (Å²) in [4.78, 5) is 11.4. The summed E-state index contributed by atoms with van der Waals surface area (Å²) < 4.78 is 5.33. The quantitative estimate of drug-likeness (QED) is 0.660. The van der Waals surface area contributed by atoms with Crippen molar-refractivity contribution in [3.8, 4) is 0 Å². The van der Waals surface area contributed by atoms with Crippen LogP contribution in [0.5, 0.6) is 0 Å². The fraction of sp³-hybridized carbons (Fsp3) is 0.750. The predicted octanol–water partition coefficient (Wildman–Crippen LogP) is 2.09. The number of ether oxygens (including phenoxy) is 1. The van der Waals surface area contributed by atoms with Crippen molar-refractivity contribution in [2.75, 3.05) is 6.61 Å². The fourth-order valence-corrected chi connectivity index (χ4v) is 1.06. The number of carbonyl (C=O) groups excluding carboxylic acids is 1. The lowest BCUT2D eigenvalue weighted by atomic mass is 10.00. The van der Waals surface area contributed by atoms with Crippen molar-refractivity contribution >= 4 is 5.78 Å². The molecular formula is C12H22O3. The van der Waals surface area contributed by atoms with Gasteiger partial charge in [-0.05, 0) is 39.2 Å². The Morgan fingerprint density at radius 2 is 2.13 bits per heavy atom. The van der Waals surface area contributed by atoms with Gasteiger partial charge in [0, 0.05) is 0 Å². The molecule has 0 radical (unpaired) electrons. The minimum atomic E-state index is -0.702. The van der Waals surface area contributed by atoms with Crippen LogP contribution in [0.1, 0.15) is 40.5 Å². The standard InChI is InChI=1S/C12H22O3/c1-6-12(5,14)7-8-15-10(4)11(13)9(2)3/h10,14H,2,6-8H2,1,3-5H3. The highest BCUT2D eigenvalue weighted by molar-refractivity contribution is 5.97. The van der Waals surface area contributed by atoms with Crippen molar-refractivity contribution in [2.45, 2.75) is 52.2 Å². The van der Waals surface area contributed by atoms with Gasteiger partial charge in [-0.3, -0.25) is 4.79 Å². The first kappa shape index (κ1) is 14.3. The van der Waals surface area contributed by atoms with Crippen molar-refractivity contribution in [2.24, 2.45) is 0 Å². The van der Waals surface area contributed by atoms with E-state index in [1.54, 1.807) is 20.8 Å². The summed E-state index contributed by atoms with van der Waals surface area (Å²) in [6.45, 7) is 11.0. The first-order valence-corrected chi connectivity index (χ1v) is 5.34. The Morgan fingerprint density at radius 3 is 2.53 bits per heavy atom. The van der Waals surface area contributed by atoms with Crippen LogP contribution in [0.2, 0.25) is 0 Å². The summed E-state index contributed by atoms with van der Waals surface area (Å²) in [7, 11) is 0. The molecule has 15 heavy (non-hydrogen) atoms. The molecule has 3 heteroatoms. The van der Waals surface area contributed by atoms with Gasteiger partial charge >= 0.3 is 0 Å². The SMILES string of the molecule is C=C(C)C(=O)C(C)OCCC(C)(O)CC. The normalized spacial score (nSPS) is 16.9. The van der Waals surface area contributed by atoms with Gasteiger partial charge in [0.1, 0.15) is 6.10 Å². The second-order valence-corrected chi connectivity index (χ2v) is 4.26. The molecule has 0 bridgehead atoms. The smallest absolute Gasteiger partial charge is 0.186 e. The van der Waals surface area contributed by atoms with E-state index in [0.29, 0.717) is 25.0 Å². The zero-order valence-electron chi connectivity index (χ0n) is 10.2. The van der Waals surface area contributed by atoms with Crippen LogP contribution in [-0.2, 0) is 9.53 Å². The zero-order chi connectivity index (χ0) is 12.1. The molecule has 3 nitrogen and oxygen atoms in total. The van der Waals surface area contributed by atoms with E-state index in [-0.39, 0.29) is 5.78 Å². The highest BCUT2D eigenvalue weighted by atomic mass is 16.5. The molecule has 2 atom stereocenters. The van der Waals surface area contributed by atoms with E-state index >= 15 is 0 Å². The van der Waals surface area contributed by atoms with Gasteiger partial charge in [0.25, 0.3) is 0 Å².